The van der Waals surface area contributed by atoms with Crippen LogP contribution in [0.25, 0.3) is 0 Å². The lowest BCUT2D eigenvalue weighted by atomic mass is 10.00. The van der Waals surface area contributed by atoms with Gasteiger partial charge in [-0.05, 0) is 12.5 Å². The molecule has 0 saturated carbocycles. The molecule has 1 aromatic rings. The second-order valence-corrected chi connectivity index (χ2v) is 4.90. The number of halogens is 3. The molecule has 0 aliphatic heterocycles. The number of hydrogen-bond acceptors (Lipinski definition) is 2. The summed E-state index contributed by atoms with van der Waals surface area (Å²) in [5.74, 6) is -0.193. The molecule has 1 atom stereocenters. The number of rotatable bonds is 8. The molecule has 0 heterocycles. The molecule has 114 valence electrons. The Hall–Kier alpha value is -1.23. The molecule has 0 aromatic heterocycles. The topological polar surface area (TPSA) is 35.2 Å². The Morgan fingerprint density at radius 3 is 2.40 bits per heavy atom. The SMILES string of the molecule is CCCCCCCC(N)c1ccccc1OC(F)(F)F. The zero-order valence-corrected chi connectivity index (χ0v) is 11.7. The molecule has 0 bridgehead atoms. The van der Waals surface area contributed by atoms with E-state index in [4.69, 9.17) is 5.73 Å². The van der Waals surface area contributed by atoms with Crippen LogP contribution in [0.2, 0.25) is 0 Å². The van der Waals surface area contributed by atoms with Crippen LogP contribution in [0.1, 0.15) is 57.1 Å². The van der Waals surface area contributed by atoms with E-state index in [0.717, 1.165) is 25.7 Å². The van der Waals surface area contributed by atoms with Crippen molar-refractivity contribution in [1.29, 1.82) is 0 Å². The van der Waals surface area contributed by atoms with Crippen molar-refractivity contribution in [3.63, 3.8) is 0 Å². The number of para-hydroxylation sites is 1. The molecule has 0 fully saturated rings. The van der Waals surface area contributed by atoms with Crippen LogP contribution in [0, 0.1) is 0 Å². The first-order valence-corrected chi connectivity index (χ1v) is 7.04. The number of alkyl halides is 3. The molecule has 1 unspecified atom stereocenters. The summed E-state index contributed by atoms with van der Waals surface area (Å²) in [6, 6.07) is 5.67. The lowest BCUT2D eigenvalue weighted by Crippen LogP contribution is -2.20. The third-order valence-electron chi connectivity index (χ3n) is 3.16. The largest absolute Gasteiger partial charge is 0.573 e. The maximum absolute atomic E-state index is 12.3. The van der Waals surface area contributed by atoms with Crippen molar-refractivity contribution in [2.45, 2.75) is 57.9 Å². The molecule has 0 aliphatic rings. The molecule has 2 N–H and O–H groups in total. The van der Waals surface area contributed by atoms with E-state index in [9.17, 15) is 13.2 Å². The Morgan fingerprint density at radius 2 is 1.75 bits per heavy atom. The Kier molecular flexibility index (Phi) is 6.85. The maximum Gasteiger partial charge on any atom is 0.573 e. The molecule has 0 radical (unpaired) electrons. The molecule has 0 saturated heterocycles. The van der Waals surface area contributed by atoms with Gasteiger partial charge in [-0.25, -0.2) is 0 Å². The smallest absolute Gasteiger partial charge is 0.405 e. The summed E-state index contributed by atoms with van der Waals surface area (Å²) in [6.45, 7) is 2.14. The fourth-order valence-corrected chi connectivity index (χ4v) is 2.13. The maximum atomic E-state index is 12.3. The molecule has 1 rings (SSSR count). The van der Waals surface area contributed by atoms with Gasteiger partial charge in [0.25, 0.3) is 0 Å². The monoisotopic (exact) mass is 289 g/mol. The van der Waals surface area contributed by atoms with Crippen LogP contribution in [0.3, 0.4) is 0 Å². The van der Waals surface area contributed by atoms with E-state index in [-0.39, 0.29) is 5.75 Å². The van der Waals surface area contributed by atoms with Gasteiger partial charge in [0.1, 0.15) is 5.75 Å². The molecule has 0 amide bonds. The van der Waals surface area contributed by atoms with Crippen LogP contribution in [0.5, 0.6) is 5.75 Å². The minimum Gasteiger partial charge on any atom is -0.405 e. The first-order valence-electron chi connectivity index (χ1n) is 7.04. The number of benzene rings is 1. The van der Waals surface area contributed by atoms with Crippen LogP contribution in [-0.4, -0.2) is 6.36 Å². The van der Waals surface area contributed by atoms with Crippen molar-refractivity contribution < 1.29 is 17.9 Å². The fourth-order valence-electron chi connectivity index (χ4n) is 2.13. The van der Waals surface area contributed by atoms with Gasteiger partial charge in [0, 0.05) is 11.6 Å². The predicted octanol–water partition coefficient (Wildman–Crippen LogP) is 4.95. The summed E-state index contributed by atoms with van der Waals surface area (Å²) in [6.07, 6.45) is 1.45. The lowest BCUT2D eigenvalue weighted by molar-refractivity contribution is -0.275. The van der Waals surface area contributed by atoms with E-state index in [1.54, 1.807) is 12.1 Å². The van der Waals surface area contributed by atoms with E-state index in [2.05, 4.69) is 11.7 Å². The molecular formula is C15H22F3NO. The van der Waals surface area contributed by atoms with E-state index in [1.165, 1.54) is 18.6 Å². The Morgan fingerprint density at radius 1 is 1.10 bits per heavy atom. The van der Waals surface area contributed by atoms with E-state index in [1.807, 2.05) is 0 Å². The predicted molar refractivity (Wildman–Crippen MR) is 73.4 cm³/mol. The Bertz CT molecular complexity index is 393. The van der Waals surface area contributed by atoms with E-state index < -0.39 is 12.4 Å². The zero-order valence-electron chi connectivity index (χ0n) is 11.7. The van der Waals surface area contributed by atoms with Crippen molar-refractivity contribution >= 4 is 0 Å². The van der Waals surface area contributed by atoms with Gasteiger partial charge in [-0.1, -0.05) is 57.2 Å². The van der Waals surface area contributed by atoms with Gasteiger partial charge in [0.2, 0.25) is 0 Å². The standard InChI is InChI=1S/C15H22F3NO/c1-2-3-4-5-6-10-13(19)12-9-7-8-11-14(12)20-15(16,17)18/h7-9,11,13H,2-6,10,19H2,1H3. The quantitative estimate of drug-likeness (QED) is 0.687. The number of unbranched alkanes of at least 4 members (excludes halogenated alkanes) is 4. The summed E-state index contributed by atoms with van der Waals surface area (Å²) in [4.78, 5) is 0. The third-order valence-corrected chi connectivity index (χ3v) is 3.16. The summed E-state index contributed by atoms with van der Waals surface area (Å²) >= 11 is 0. The van der Waals surface area contributed by atoms with Crippen LogP contribution < -0.4 is 10.5 Å². The molecule has 0 spiro atoms. The van der Waals surface area contributed by atoms with Gasteiger partial charge in [-0.15, -0.1) is 13.2 Å². The van der Waals surface area contributed by atoms with Crippen molar-refractivity contribution in [3.05, 3.63) is 29.8 Å². The number of nitrogens with two attached hydrogens (primary N) is 1. The van der Waals surface area contributed by atoms with Crippen molar-refractivity contribution in [3.8, 4) is 5.75 Å². The number of hydrogen-bond donors (Lipinski definition) is 1. The van der Waals surface area contributed by atoms with Crippen LogP contribution in [0.15, 0.2) is 24.3 Å². The van der Waals surface area contributed by atoms with Gasteiger partial charge >= 0.3 is 6.36 Å². The van der Waals surface area contributed by atoms with Gasteiger partial charge in [0.15, 0.2) is 0 Å². The van der Waals surface area contributed by atoms with Gasteiger partial charge < -0.3 is 10.5 Å². The van der Waals surface area contributed by atoms with E-state index >= 15 is 0 Å². The summed E-state index contributed by atoms with van der Waals surface area (Å²) in [7, 11) is 0. The Labute approximate surface area is 118 Å². The average Bonchev–Trinajstić information content (AvgIpc) is 2.37. The highest BCUT2D eigenvalue weighted by Gasteiger charge is 2.32. The molecule has 2 nitrogen and oxygen atoms in total. The highest BCUT2D eigenvalue weighted by molar-refractivity contribution is 5.35. The second-order valence-electron chi connectivity index (χ2n) is 4.90. The highest BCUT2D eigenvalue weighted by Crippen LogP contribution is 2.31. The fraction of sp³-hybridized carbons (Fsp3) is 0.600. The molecular weight excluding hydrogens is 267 g/mol. The summed E-state index contributed by atoms with van der Waals surface area (Å²) < 4.78 is 41.0. The highest BCUT2D eigenvalue weighted by atomic mass is 19.4. The minimum atomic E-state index is -4.68. The van der Waals surface area contributed by atoms with E-state index in [0.29, 0.717) is 12.0 Å². The summed E-state index contributed by atoms with van der Waals surface area (Å²) in [5, 5.41) is 0. The molecule has 1 aromatic carbocycles. The molecule has 20 heavy (non-hydrogen) atoms. The van der Waals surface area contributed by atoms with Crippen molar-refractivity contribution in [2.24, 2.45) is 5.73 Å². The normalized spacial score (nSPS) is 13.2. The minimum absolute atomic E-state index is 0.193. The Balaban J connectivity index is 2.56. The van der Waals surface area contributed by atoms with Crippen molar-refractivity contribution in [1.82, 2.24) is 0 Å². The van der Waals surface area contributed by atoms with Crippen molar-refractivity contribution in [2.75, 3.05) is 0 Å². The first-order chi connectivity index (χ1) is 9.44. The van der Waals surface area contributed by atoms with Gasteiger partial charge in [-0.2, -0.15) is 0 Å². The summed E-state index contributed by atoms with van der Waals surface area (Å²) in [5.41, 5.74) is 6.40. The first kappa shape index (κ1) is 16.8. The van der Waals surface area contributed by atoms with Gasteiger partial charge in [-0.3, -0.25) is 0 Å². The van der Waals surface area contributed by atoms with Crippen LogP contribution >= 0.6 is 0 Å². The zero-order chi connectivity index (χ0) is 15.0. The van der Waals surface area contributed by atoms with Crippen LogP contribution in [-0.2, 0) is 0 Å². The van der Waals surface area contributed by atoms with Gasteiger partial charge in [0.05, 0.1) is 0 Å². The third kappa shape index (κ3) is 6.28. The molecule has 5 heteroatoms. The lowest BCUT2D eigenvalue weighted by Gasteiger charge is -2.17. The molecule has 0 aliphatic carbocycles. The number of ether oxygens (including phenoxy) is 1. The second kappa shape index (κ2) is 8.15. The average molecular weight is 289 g/mol. The van der Waals surface area contributed by atoms with Crippen LogP contribution in [0.4, 0.5) is 13.2 Å².